The van der Waals surface area contributed by atoms with Crippen LogP contribution in [0.25, 0.3) is 0 Å². The molecule has 2 N–H and O–H groups in total. The van der Waals surface area contributed by atoms with Crippen LogP contribution in [0.5, 0.6) is 11.5 Å². The van der Waals surface area contributed by atoms with E-state index in [0.29, 0.717) is 29.0 Å². The summed E-state index contributed by atoms with van der Waals surface area (Å²) in [5.41, 5.74) is 3.18. The first-order valence-corrected chi connectivity index (χ1v) is 9.70. The van der Waals surface area contributed by atoms with Crippen molar-refractivity contribution < 1.29 is 14.3 Å². The van der Waals surface area contributed by atoms with Crippen molar-refractivity contribution in [3.8, 4) is 11.5 Å². The topological polar surface area (TPSA) is 59.6 Å². The van der Waals surface area contributed by atoms with Gasteiger partial charge < -0.3 is 20.1 Å². The largest absolute Gasteiger partial charge is 0.493 e. The van der Waals surface area contributed by atoms with Crippen LogP contribution in [-0.2, 0) is 4.79 Å². The van der Waals surface area contributed by atoms with Crippen molar-refractivity contribution in [1.82, 2.24) is 5.32 Å². The van der Waals surface area contributed by atoms with E-state index in [1.165, 1.54) is 11.1 Å². The fraction of sp³-hybridized carbons (Fsp3) is 0.435. The van der Waals surface area contributed by atoms with Crippen molar-refractivity contribution in [2.75, 3.05) is 26.1 Å². The van der Waals surface area contributed by atoms with E-state index >= 15 is 0 Å². The van der Waals surface area contributed by atoms with Gasteiger partial charge >= 0.3 is 0 Å². The number of amides is 1. The molecule has 0 aliphatic heterocycles. The average molecular weight is 385 g/mol. The zero-order chi connectivity index (χ0) is 20.7. The lowest BCUT2D eigenvalue weighted by Gasteiger charge is -2.23. The molecule has 0 bridgehead atoms. The van der Waals surface area contributed by atoms with Gasteiger partial charge in [-0.1, -0.05) is 52.0 Å². The van der Waals surface area contributed by atoms with Crippen molar-refractivity contribution in [2.45, 2.75) is 39.7 Å². The molecule has 0 aliphatic rings. The Morgan fingerprint density at radius 3 is 2.04 bits per heavy atom. The summed E-state index contributed by atoms with van der Waals surface area (Å²) in [6.07, 6.45) is 0. The number of rotatable bonds is 9. The predicted molar refractivity (Wildman–Crippen MR) is 114 cm³/mol. The summed E-state index contributed by atoms with van der Waals surface area (Å²) in [5.74, 6) is 1.98. The van der Waals surface area contributed by atoms with Gasteiger partial charge in [-0.2, -0.15) is 0 Å². The highest BCUT2D eigenvalue weighted by atomic mass is 16.5. The number of carbonyl (C=O) groups excluding carboxylic acids is 1. The van der Waals surface area contributed by atoms with Gasteiger partial charge in [0.1, 0.15) is 0 Å². The van der Waals surface area contributed by atoms with E-state index in [2.05, 4.69) is 62.6 Å². The monoisotopic (exact) mass is 384 g/mol. The molecule has 2 rings (SSSR count). The second kappa shape index (κ2) is 10.1. The van der Waals surface area contributed by atoms with E-state index in [-0.39, 0.29) is 18.5 Å². The number of carbonyl (C=O) groups is 1. The van der Waals surface area contributed by atoms with E-state index in [4.69, 9.17) is 9.47 Å². The molecule has 0 aromatic heterocycles. The first kappa shape index (κ1) is 21.8. The Balaban J connectivity index is 2.00. The Bertz CT molecular complexity index is 770. The fourth-order valence-electron chi connectivity index (χ4n) is 3.15. The first-order chi connectivity index (χ1) is 13.3. The number of benzene rings is 2. The molecule has 1 amide bonds. The van der Waals surface area contributed by atoms with Crippen LogP contribution >= 0.6 is 0 Å². The summed E-state index contributed by atoms with van der Waals surface area (Å²) >= 11 is 0. The molecule has 0 heterocycles. The predicted octanol–water partition coefficient (Wildman–Crippen LogP) is 4.75. The SMILES string of the molecule is COc1ccc(NC(=O)CN[C@H](c2ccc(C(C)C)cc2)C(C)C)cc1OC. The molecule has 0 unspecified atom stereocenters. The maximum absolute atomic E-state index is 12.4. The van der Waals surface area contributed by atoms with Crippen LogP contribution in [0.3, 0.4) is 0 Å². The highest BCUT2D eigenvalue weighted by Crippen LogP contribution is 2.29. The van der Waals surface area contributed by atoms with E-state index < -0.39 is 0 Å². The van der Waals surface area contributed by atoms with Crippen LogP contribution < -0.4 is 20.1 Å². The van der Waals surface area contributed by atoms with Gasteiger partial charge in [0.2, 0.25) is 5.91 Å². The quantitative estimate of drug-likeness (QED) is 0.655. The summed E-state index contributed by atoms with van der Waals surface area (Å²) in [5, 5.41) is 6.29. The van der Waals surface area contributed by atoms with E-state index in [0.717, 1.165) is 0 Å². The first-order valence-electron chi connectivity index (χ1n) is 9.70. The molecule has 0 radical (unpaired) electrons. The molecule has 0 saturated heterocycles. The molecule has 0 fully saturated rings. The summed E-state index contributed by atoms with van der Waals surface area (Å²) < 4.78 is 10.5. The van der Waals surface area contributed by atoms with Gasteiger partial charge in [0.05, 0.1) is 20.8 Å². The van der Waals surface area contributed by atoms with Crippen LogP contribution in [0.2, 0.25) is 0 Å². The van der Waals surface area contributed by atoms with Crippen LogP contribution in [-0.4, -0.2) is 26.7 Å². The number of methoxy groups -OCH3 is 2. The second-order valence-electron chi connectivity index (χ2n) is 7.54. The molecular weight excluding hydrogens is 352 g/mol. The van der Waals surface area contributed by atoms with Gasteiger partial charge in [-0.05, 0) is 35.1 Å². The molecule has 2 aromatic carbocycles. The number of hydrogen-bond acceptors (Lipinski definition) is 4. The highest BCUT2D eigenvalue weighted by molar-refractivity contribution is 5.92. The molecular formula is C23H32N2O3. The number of ether oxygens (including phenoxy) is 2. The van der Waals surface area contributed by atoms with Gasteiger partial charge in [0, 0.05) is 17.8 Å². The van der Waals surface area contributed by atoms with E-state index in [1.807, 2.05) is 0 Å². The average Bonchev–Trinajstić information content (AvgIpc) is 2.68. The minimum absolute atomic E-state index is 0.100. The molecule has 152 valence electrons. The summed E-state index contributed by atoms with van der Waals surface area (Å²) in [7, 11) is 3.16. The third-order valence-corrected chi connectivity index (χ3v) is 4.78. The van der Waals surface area contributed by atoms with E-state index in [9.17, 15) is 4.79 Å². The zero-order valence-corrected chi connectivity index (χ0v) is 17.7. The van der Waals surface area contributed by atoms with Gasteiger partial charge in [-0.25, -0.2) is 0 Å². The number of hydrogen-bond donors (Lipinski definition) is 2. The standard InChI is InChI=1S/C23H32N2O3/c1-15(2)17-7-9-18(10-8-17)23(16(3)4)24-14-22(26)25-19-11-12-20(27-5)21(13-19)28-6/h7-13,15-16,23-24H,14H2,1-6H3,(H,25,26)/t23-/m0/s1. The lowest BCUT2D eigenvalue weighted by Crippen LogP contribution is -2.33. The molecule has 5 nitrogen and oxygen atoms in total. The fourth-order valence-corrected chi connectivity index (χ4v) is 3.15. The van der Waals surface area contributed by atoms with Crippen LogP contribution in [0.1, 0.15) is 50.8 Å². The Morgan fingerprint density at radius 2 is 1.50 bits per heavy atom. The second-order valence-corrected chi connectivity index (χ2v) is 7.54. The summed E-state index contributed by atoms with van der Waals surface area (Å²) in [6, 6.07) is 14.1. The molecule has 1 atom stereocenters. The van der Waals surface area contributed by atoms with Crippen molar-refractivity contribution >= 4 is 11.6 Å². The zero-order valence-electron chi connectivity index (χ0n) is 17.7. The third-order valence-electron chi connectivity index (χ3n) is 4.78. The van der Waals surface area contributed by atoms with Crippen LogP contribution in [0.15, 0.2) is 42.5 Å². The van der Waals surface area contributed by atoms with Crippen molar-refractivity contribution in [3.05, 3.63) is 53.6 Å². The number of nitrogens with one attached hydrogen (secondary N) is 2. The highest BCUT2D eigenvalue weighted by Gasteiger charge is 2.17. The lowest BCUT2D eigenvalue weighted by molar-refractivity contribution is -0.115. The molecule has 0 aliphatic carbocycles. The Kier molecular flexibility index (Phi) is 7.88. The van der Waals surface area contributed by atoms with Gasteiger partial charge in [-0.15, -0.1) is 0 Å². The summed E-state index contributed by atoms with van der Waals surface area (Å²) in [6.45, 7) is 8.90. The molecule has 5 heteroatoms. The van der Waals surface area contributed by atoms with Crippen molar-refractivity contribution in [1.29, 1.82) is 0 Å². The van der Waals surface area contributed by atoms with Gasteiger partial charge in [0.25, 0.3) is 0 Å². The lowest BCUT2D eigenvalue weighted by atomic mass is 9.93. The molecule has 2 aromatic rings. The van der Waals surface area contributed by atoms with E-state index in [1.54, 1.807) is 32.4 Å². The Morgan fingerprint density at radius 1 is 0.893 bits per heavy atom. The Hall–Kier alpha value is -2.53. The minimum atomic E-state index is -0.100. The minimum Gasteiger partial charge on any atom is -0.493 e. The van der Waals surface area contributed by atoms with Crippen LogP contribution in [0, 0.1) is 5.92 Å². The molecule has 28 heavy (non-hydrogen) atoms. The maximum Gasteiger partial charge on any atom is 0.238 e. The Labute approximate surface area is 168 Å². The number of anilines is 1. The van der Waals surface area contributed by atoms with Gasteiger partial charge in [-0.3, -0.25) is 4.79 Å². The van der Waals surface area contributed by atoms with Crippen molar-refractivity contribution in [2.24, 2.45) is 5.92 Å². The molecule has 0 saturated carbocycles. The molecule has 0 spiro atoms. The van der Waals surface area contributed by atoms with Crippen molar-refractivity contribution in [3.63, 3.8) is 0 Å². The third kappa shape index (κ3) is 5.73. The maximum atomic E-state index is 12.4. The normalized spacial score (nSPS) is 12.1. The van der Waals surface area contributed by atoms with Crippen LogP contribution in [0.4, 0.5) is 5.69 Å². The van der Waals surface area contributed by atoms with Gasteiger partial charge in [0.15, 0.2) is 11.5 Å². The summed E-state index contributed by atoms with van der Waals surface area (Å²) in [4.78, 5) is 12.4. The smallest absolute Gasteiger partial charge is 0.238 e.